The topological polar surface area (TPSA) is 103 Å². The van der Waals surface area contributed by atoms with Gasteiger partial charge in [-0.1, -0.05) is 20.8 Å². The highest BCUT2D eigenvalue weighted by molar-refractivity contribution is 6.74. The Balaban J connectivity index is 1.60. The number of nitrogens with zero attached hydrogens (tertiary/aromatic N) is 6. The van der Waals surface area contributed by atoms with Crippen molar-refractivity contribution in [2.75, 3.05) is 45.4 Å². The van der Waals surface area contributed by atoms with E-state index in [4.69, 9.17) is 23.6 Å². The Labute approximate surface area is 299 Å². The fourth-order valence-corrected chi connectivity index (χ4v) is 6.51. The van der Waals surface area contributed by atoms with Crippen molar-refractivity contribution < 1.29 is 23.4 Å². The zero-order valence-corrected chi connectivity index (χ0v) is 32.9. The van der Waals surface area contributed by atoms with Gasteiger partial charge in [0.2, 0.25) is 0 Å². The molecule has 1 saturated heterocycles. The zero-order chi connectivity index (χ0) is 36.9. The number of hydrogen-bond acceptors (Lipinski definition) is 9. The van der Waals surface area contributed by atoms with Gasteiger partial charge in [0.1, 0.15) is 17.1 Å². The quantitative estimate of drug-likeness (QED) is 0.137. The molecule has 3 aromatic rings. The molecule has 0 N–H and O–H groups in total. The number of hydrogen-bond donors (Lipinski definition) is 0. The molecule has 4 rings (SSSR count). The lowest BCUT2D eigenvalue weighted by atomic mass is 10.1. The molecular formula is C38H56N6O5Si. The summed E-state index contributed by atoms with van der Waals surface area (Å²) in [6, 6.07) is 12.0. The molecule has 1 aromatic heterocycles. The average molecular weight is 705 g/mol. The van der Waals surface area contributed by atoms with Gasteiger partial charge in [-0.25, -0.2) is 4.79 Å². The summed E-state index contributed by atoms with van der Waals surface area (Å²) in [5.74, 6) is 1.39. The van der Waals surface area contributed by atoms with Gasteiger partial charge in [-0.3, -0.25) is 14.7 Å². The van der Waals surface area contributed by atoms with Gasteiger partial charge < -0.3 is 28.4 Å². The zero-order valence-electron chi connectivity index (χ0n) is 31.9. The Kier molecular flexibility index (Phi) is 12.2. The van der Waals surface area contributed by atoms with Gasteiger partial charge in [0, 0.05) is 66.7 Å². The summed E-state index contributed by atoms with van der Waals surface area (Å²) < 4.78 is 25.4. The summed E-state index contributed by atoms with van der Waals surface area (Å²) in [5.41, 5.74) is 4.41. The van der Waals surface area contributed by atoms with Crippen molar-refractivity contribution in [2.24, 2.45) is 9.98 Å². The number of piperidine rings is 1. The molecule has 12 heteroatoms. The number of carbonyl (C=O) groups is 1. The lowest BCUT2D eigenvalue weighted by Gasteiger charge is -2.37. The third-order valence-corrected chi connectivity index (χ3v) is 14.0. The Morgan fingerprint density at radius 1 is 0.980 bits per heavy atom. The second kappa shape index (κ2) is 15.8. The fourth-order valence-electron chi connectivity index (χ4n) is 5.48. The van der Waals surface area contributed by atoms with Crippen LogP contribution in [0.1, 0.15) is 72.9 Å². The van der Waals surface area contributed by atoms with Crippen LogP contribution in [0, 0.1) is 0 Å². The third kappa shape index (κ3) is 9.75. The van der Waals surface area contributed by atoms with Crippen LogP contribution >= 0.6 is 0 Å². The maximum absolute atomic E-state index is 12.5. The van der Waals surface area contributed by atoms with Crippen LogP contribution in [0.2, 0.25) is 18.1 Å². The van der Waals surface area contributed by atoms with E-state index in [9.17, 15) is 4.79 Å². The van der Waals surface area contributed by atoms with E-state index in [2.05, 4.69) is 55.6 Å². The van der Waals surface area contributed by atoms with Crippen molar-refractivity contribution in [3.05, 3.63) is 54.4 Å². The van der Waals surface area contributed by atoms with Gasteiger partial charge in [-0.2, -0.15) is 5.10 Å². The van der Waals surface area contributed by atoms with E-state index in [0.29, 0.717) is 49.1 Å². The number of likely N-dealkylation sites (tertiary alicyclic amines) is 1. The monoisotopic (exact) mass is 704 g/mol. The van der Waals surface area contributed by atoms with Crippen molar-refractivity contribution in [3.63, 3.8) is 0 Å². The number of methoxy groups -OCH3 is 2. The molecule has 0 aliphatic carbocycles. The van der Waals surface area contributed by atoms with Crippen molar-refractivity contribution >= 4 is 49.6 Å². The standard InChI is InChI=1S/C38H56N6O5Si/c1-27(28-25-40-44(26-28)29-15-17-42(18-16-29)36(45)49-37(2,3)4)41-35-23-30(13-14-34(35)39-8)43(19-20-48-50(11,12)38(5,6)7)31-21-32(46-9)24-33(22-31)47-10/h13-14,21-26,29H,8,15-20H2,1-7,9-12H3. The second-order valence-electron chi connectivity index (χ2n) is 15.3. The number of benzene rings is 2. The Bertz CT molecular complexity index is 1640. The predicted octanol–water partition coefficient (Wildman–Crippen LogP) is 9.11. The van der Waals surface area contributed by atoms with Crippen LogP contribution in [-0.4, -0.2) is 87.6 Å². The molecule has 1 amide bonds. The maximum Gasteiger partial charge on any atom is 0.410 e. The van der Waals surface area contributed by atoms with E-state index in [-0.39, 0.29) is 17.2 Å². The molecule has 0 unspecified atom stereocenters. The lowest BCUT2D eigenvalue weighted by molar-refractivity contribution is 0.0184. The molecule has 0 radical (unpaired) electrons. The van der Waals surface area contributed by atoms with Gasteiger partial charge in [0.25, 0.3) is 0 Å². The first-order chi connectivity index (χ1) is 23.4. The van der Waals surface area contributed by atoms with E-state index in [0.717, 1.165) is 35.5 Å². The fraction of sp³-hybridized carbons (Fsp3) is 0.526. The largest absolute Gasteiger partial charge is 0.497 e. The highest BCUT2D eigenvalue weighted by Crippen LogP contribution is 2.39. The van der Waals surface area contributed by atoms with Gasteiger partial charge in [-0.15, -0.1) is 0 Å². The van der Waals surface area contributed by atoms with Gasteiger partial charge in [0.15, 0.2) is 8.32 Å². The summed E-state index contributed by atoms with van der Waals surface area (Å²) in [6.07, 6.45) is 5.21. The van der Waals surface area contributed by atoms with E-state index < -0.39 is 13.9 Å². The average Bonchev–Trinajstić information content (AvgIpc) is 3.56. The molecule has 0 atom stereocenters. The van der Waals surface area contributed by atoms with Crippen LogP contribution in [0.4, 0.5) is 27.5 Å². The van der Waals surface area contributed by atoms with E-state index in [1.54, 1.807) is 19.1 Å². The number of aromatic nitrogens is 2. The first-order valence-corrected chi connectivity index (χ1v) is 20.2. The van der Waals surface area contributed by atoms with Crippen LogP contribution in [0.25, 0.3) is 0 Å². The van der Waals surface area contributed by atoms with Crippen LogP contribution < -0.4 is 14.4 Å². The summed E-state index contributed by atoms with van der Waals surface area (Å²) >= 11 is 0. The van der Waals surface area contributed by atoms with Crippen LogP contribution in [0.3, 0.4) is 0 Å². The van der Waals surface area contributed by atoms with Gasteiger partial charge >= 0.3 is 6.09 Å². The summed E-state index contributed by atoms with van der Waals surface area (Å²) in [5, 5.41) is 4.78. The summed E-state index contributed by atoms with van der Waals surface area (Å²) in [4.78, 5) is 25.8. The predicted molar refractivity (Wildman–Crippen MR) is 206 cm³/mol. The molecule has 1 aliphatic rings. The molecule has 1 aliphatic heterocycles. The van der Waals surface area contributed by atoms with E-state index >= 15 is 0 Å². The molecule has 1 fully saturated rings. The molecule has 0 bridgehead atoms. The normalized spacial score (nSPS) is 14.8. The Hall–Kier alpha value is -4.16. The minimum Gasteiger partial charge on any atom is -0.497 e. The number of amides is 1. The minimum atomic E-state index is -1.97. The molecular weight excluding hydrogens is 649 g/mol. The highest BCUT2D eigenvalue weighted by Gasteiger charge is 2.37. The minimum absolute atomic E-state index is 0.0962. The van der Waals surface area contributed by atoms with Crippen LogP contribution in [-0.2, 0) is 9.16 Å². The van der Waals surface area contributed by atoms with Gasteiger partial charge in [-0.05, 0) is 83.6 Å². The van der Waals surface area contributed by atoms with Crippen molar-refractivity contribution in [3.8, 4) is 11.5 Å². The smallest absolute Gasteiger partial charge is 0.410 e. The molecule has 0 saturated carbocycles. The van der Waals surface area contributed by atoms with E-state index in [1.807, 2.05) is 81.2 Å². The summed E-state index contributed by atoms with van der Waals surface area (Å²) in [6.45, 7) is 25.1. The van der Waals surface area contributed by atoms with Crippen LogP contribution in [0.5, 0.6) is 11.5 Å². The highest BCUT2D eigenvalue weighted by atomic mass is 28.4. The Morgan fingerprint density at radius 3 is 2.18 bits per heavy atom. The van der Waals surface area contributed by atoms with Crippen molar-refractivity contribution in [1.29, 1.82) is 0 Å². The number of rotatable bonds is 12. The number of anilines is 2. The molecule has 2 aromatic carbocycles. The first kappa shape index (κ1) is 38.6. The maximum atomic E-state index is 12.5. The lowest BCUT2D eigenvalue weighted by Crippen LogP contribution is -2.42. The van der Waals surface area contributed by atoms with Crippen molar-refractivity contribution in [2.45, 2.75) is 91.1 Å². The summed E-state index contributed by atoms with van der Waals surface area (Å²) in [7, 11) is 1.33. The number of ether oxygens (including phenoxy) is 3. The molecule has 0 spiro atoms. The molecule has 50 heavy (non-hydrogen) atoms. The Morgan fingerprint density at radius 2 is 1.62 bits per heavy atom. The first-order valence-electron chi connectivity index (χ1n) is 17.3. The number of carbonyl (C=O) groups excluding carboxylic acids is 1. The molecule has 11 nitrogen and oxygen atoms in total. The van der Waals surface area contributed by atoms with Crippen LogP contribution in [0.15, 0.2) is 58.8 Å². The van der Waals surface area contributed by atoms with Gasteiger partial charge in [0.05, 0.1) is 44.4 Å². The second-order valence-corrected chi connectivity index (χ2v) is 20.1. The SMILES string of the molecule is C=Nc1ccc(N(CCO[Si](C)(C)C(C)(C)C)c2cc(OC)cc(OC)c2)cc1N=C(C)c1cnn(C2CCN(C(=O)OC(C)(C)C)CC2)c1. The van der Waals surface area contributed by atoms with E-state index in [1.165, 1.54) is 0 Å². The molecule has 2 heterocycles. The van der Waals surface area contributed by atoms with Crippen molar-refractivity contribution in [1.82, 2.24) is 14.7 Å². The third-order valence-electron chi connectivity index (χ3n) is 9.47. The number of aliphatic imine (C=N–C) groups is 2. The molecule has 272 valence electrons.